The fourth-order valence-electron chi connectivity index (χ4n) is 9.47. The van der Waals surface area contributed by atoms with Gasteiger partial charge in [-0.1, -0.05) is 109 Å². The van der Waals surface area contributed by atoms with Crippen LogP contribution in [-0.4, -0.2) is 195 Å². The number of hydrogen-bond donors (Lipinski definition) is 9. The molecule has 6 atom stereocenters. The van der Waals surface area contributed by atoms with Crippen LogP contribution in [0.25, 0.3) is 0 Å². The number of carboxylic acids is 1. The third-order valence-corrected chi connectivity index (χ3v) is 18.6. The van der Waals surface area contributed by atoms with Gasteiger partial charge in [-0.3, -0.25) is 19.2 Å². The molecule has 28 nitrogen and oxygen atoms in total. The summed E-state index contributed by atoms with van der Waals surface area (Å²) in [5.41, 5.74) is 8.91. The summed E-state index contributed by atoms with van der Waals surface area (Å²) in [6, 6.07) is 24.1. The van der Waals surface area contributed by atoms with Gasteiger partial charge in [-0.25, -0.2) is 41.1 Å². The number of ether oxygens (including phenoxy) is 7. The largest absolute Gasteiger partial charge is 0.491 e. The van der Waals surface area contributed by atoms with Gasteiger partial charge in [0.15, 0.2) is 6.04 Å². The highest BCUT2D eigenvalue weighted by atomic mass is 79.9. The number of rotatable bonds is 21. The normalized spacial score (nSPS) is 13.7. The highest BCUT2D eigenvalue weighted by Crippen LogP contribution is 2.35. The van der Waals surface area contributed by atoms with Crippen LogP contribution in [0.15, 0.2) is 136 Å². The van der Waals surface area contributed by atoms with Crippen molar-refractivity contribution in [2.75, 3.05) is 105 Å². The van der Waals surface area contributed by atoms with Gasteiger partial charge in [0.2, 0.25) is 17.7 Å². The number of carbonyl (C=O) groups excluding carboxylic acids is 7. The van der Waals surface area contributed by atoms with Gasteiger partial charge in [-0.05, 0) is 234 Å². The zero-order valence-electron chi connectivity index (χ0n) is 75.4. The van der Waals surface area contributed by atoms with E-state index in [9.17, 15) is 60.3 Å². The van der Waals surface area contributed by atoms with Crippen LogP contribution in [-0.2, 0) is 52.4 Å². The Hall–Kier alpha value is -7.83. The molecule has 126 heavy (non-hydrogen) atoms. The number of halogens is 11. The summed E-state index contributed by atoms with van der Waals surface area (Å²) in [7, 11) is 6.44. The minimum atomic E-state index is -1.16. The summed E-state index contributed by atoms with van der Waals surface area (Å²) in [6.45, 7) is 35.5. The van der Waals surface area contributed by atoms with Crippen LogP contribution in [0.5, 0.6) is 5.75 Å². The predicted octanol–water partition coefficient (Wildman–Crippen LogP) is 18.4. The second-order valence-electron chi connectivity index (χ2n) is 34.2. The molecule has 1 heterocycles. The van der Waals surface area contributed by atoms with Crippen molar-refractivity contribution in [1.29, 1.82) is 0 Å². The molecule has 0 radical (unpaired) electrons. The van der Waals surface area contributed by atoms with Gasteiger partial charge in [0.25, 0.3) is 5.91 Å². The molecule has 7 amide bonds. The molecule has 7 rings (SSSR count). The number of benzene rings is 6. The molecule has 0 saturated heterocycles. The van der Waals surface area contributed by atoms with Crippen LogP contribution in [0.3, 0.4) is 0 Å². The molecule has 6 aromatic carbocycles. The van der Waals surface area contributed by atoms with Crippen molar-refractivity contribution in [2.24, 2.45) is 17.6 Å². The molecule has 39 heteroatoms. The molecule has 1 aliphatic rings. The molecule has 1 aliphatic heterocycles. The number of likely N-dealkylation sites (N-methyl/N-ethyl adjacent to an activating group) is 2. The fraction of sp³-hybridized carbons (Fsp3) is 0.494. The third-order valence-electron chi connectivity index (χ3n) is 15.7. The van der Waals surface area contributed by atoms with Gasteiger partial charge in [0.05, 0.1) is 102 Å². The average Bonchev–Trinajstić information content (AvgIpc) is 1.69. The lowest BCUT2D eigenvalue weighted by Crippen LogP contribution is -2.52. The number of nitrogen functional groups attached to an aromatic ring is 1. The number of hydrogen-bond acceptors (Lipinski definition) is 20. The second kappa shape index (κ2) is 53.3. The first-order valence-corrected chi connectivity index (χ1v) is 43.8. The van der Waals surface area contributed by atoms with Crippen molar-refractivity contribution in [3.8, 4) is 5.75 Å². The maximum Gasteiger partial charge on any atom is 0.408 e. The Morgan fingerprint density at radius 2 is 0.849 bits per heavy atom. The third kappa shape index (κ3) is 47.5. The van der Waals surface area contributed by atoms with E-state index in [-0.39, 0.29) is 91.2 Å². The fourth-order valence-corrected chi connectivity index (χ4v) is 11.6. The standard InChI is InChI=1S/C19H28BrFN2O4.C18H26BrFN2O4.C12H23NO5.C11H13BrFNO2.C11H12BrNO2.C10H14BrFN2O.C6H5BrFN/c1-18(2,3)26-11-14(22-17(25)27-19(4,5)6)16(24)23(7)15-10-12(20)8-9-13(15)21;1-17(2,3)25-10-14(22-16(24)26-18(4,5)6)15(23)21-13-9-11(19)7-8-12(13)20;1-11(2,3)17-7-8(9(14)15)13-10(16)18-12(4,5)6;1-7(6-15)11(16)14(2)10-5-8(12)3-4-9(10)13;1-7-6-15-10-4-3-8(12)5-9(10)13(2)11(7)14;1-14(5-8(13)6-15)10-4-7(11)2-3-9(10)12;7-4-1-2-5(8)6(9)3-4/h8-10,14H,11H2,1-7H3,(H,22,25);7-9,14H,10H2,1-6H3,(H,21,23)(H,22,24);8H,7H2,1-6H3,(H,13,16)(H,14,15);3-5,7,15H,6H2,1-2H3;3-5,7H,6H2,1-2H3;2-4,8,15H,5-6,13H2,1H3;1-3H,9H2/t;;8-;2*7-;8-;/m..0001./s1. The maximum absolute atomic E-state index is 14.1. The lowest BCUT2D eigenvalue weighted by atomic mass is 10.1. The van der Waals surface area contributed by atoms with E-state index in [2.05, 4.69) is 117 Å². The quantitative estimate of drug-likeness (QED) is 0.0184. The van der Waals surface area contributed by atoms with E-state index in [1.54, 1.807) is 138 Å². The second-order valence-corrected chi connectivity index (χ2v) is 39.7. The van der Waals surface area contributed by atoms with E-state index >= 15 is 0 Å². The molecule has 0 bridgehead atoms. The zero-order chi connectivity index (χ0) is 97.2. The van der Waals surface area contributed by atoms with Crippen LogP contribution in [0.2, 0.25) is 0 Å². The summed E-state index contributed by atoms with van der Waals surface area (Å²) >= 11 is 19.5. The van der Waals surface area contributed by atoms with Crippen molar-refractivity contribution in [1.82, 2.24) is 16.0 Å². The number of carbonyl (C=O) groups is 8. The number of aliphatic hydroxyl groups excluding tert-OH is 2. The first-order chi connectivity index (χ1) is 57.7. The molecule has 0 fully saturated rings. The number of carboxylic acid groups (broad SMARTS) is 1. The number of nitrogens with two attached hydrogens (primary N) is 2. The first kappa shape index (κ1) is 116. The van der Waals surface area contributed by atoms with Crippen LogP contribution in [0, 0.1) is 40.9 Å². The van der Waals surface area contributed by atoms with Crippen molar-refractivity contribution in [3.05, 3.63) is 165 Å². The molecule has 0 aromatic heterocycles. The number of nitrogens with one attached hydrogen (secondary N) is 4. The van der Waals surface area contributed by atoms with Gasteiger partial charge >= 0.3 is 24.2 Å². The van der Waals surface area contributed by atoms with Crippen LogP contribution >= 0.6 is 95.6 Å². The molecule has 704 valence electrons. The predicted molar refractivity (Wildman–Crippen MR) is 501 cm³/mol. The monoisotopic (exact) mass is 2160 g/mol. The molecule has 0 saturated carbocycles. The van der Waals surface area contributed by atoms with Crippen LogP contribution < -0.4 is 57.1 Å². The lowest BCUT2D eigenvalue weighted by molar-refractivity contribution is -0.142. The molecule has 6 aromatic rings. The Bertz CT molecular complexity index is 4550. The molecule has 0 aliphatic carbocycles. The number of fused-ring (bicyclic) bond motifs is 1. The minimum absolute atomic E-state index is 0.00359. The Kier molecular flexibility index (Phi) is 49.2. The smallest absolute Gasteiger partial charge is 0.408 e. The van der Waals surface area contributed by atoms with Crippen molar-refractivity contribution >= 4 is 178 Å². The Balaban J connectivity index is 0.000000751. The molecule has 11 N–H and O–H groups in total. The van der Waals surface area contributed by atoms with Crippen LogP contribution in [0.4, 0.5) is 70.5 Å². The first-order valence-electron chi connectivity index (χ1n) is 39.1. The SMILES string of the molecule is CC(C)(C)OCC(NC(=O)OC(C)(C)C)C(=O)Nc1cc(Br)ccc1F.CC(C)(C)OC[C@H](NC(=O)OC(C)(C)C)C(=O)O.CN(C(=O)C(COC(C)(C)C)NC(=O)OC(C)(C)C)c1cc(Br)ccc1F.CN(C[C@@H](N)CO)c1cc(Br)ccc1F.C[C@@H](CO)C(=O)N(C)c1cc(Br)ccc1F.C[C@H]1COc2ccc(Br)cc2N(C)C1=O.Nc1cc(Br)ccc1F. The number of anilines is 6. The Labute approximate surface area is 786 Å². The Morgan fingerprint density at radius 1 is 0.500 bits per heavy atom. The van der Waals surface area contributed by atoms with Crippen LogP contribution in [0.1, 0.15) is 138 Å². The number of aliphatic carboxylic acids is 1. The molecule has 0 spiro atoms. The summed E-state index contributed by atoms with van der Waals surface area (Å²) in [5, 5.41) is 36.3. The van der Waals surface area contributed by atoms with E-state index in [0.29, 0.717) is 32.3 Å². The number of nitrogens with zero attached hydrogens (tertiary/aromatic N) is 4. The van der Waals surface area contributed by atoms with Crippen molar-refractivity contribution in [3.63, 3.8) is 0 Å². The van der Waals surface area contributed by atoms with Gasteiger partial charge in [-0.2, -0.15) is 0 Å². The van der Waals surface area contributed by atoms with Gasteiger partial charge < -0.3 is 101 Å². The summed E-state index contributed by atoms with van der Waals surface area (Å²) < 4.78 is 109. The molecular formula is C87H121Br6F5N10O18. The van der Waals surface area contributed by atoms with E-state index in [1.807, 2.05) is 66.7 Å². The summed E-state index contributed by atoms with van der Waals surface area (Å²) in [6.07, 6.45) is -2.28. The average molecular weight is 2170 g/mol. The highest BCUT2D eigenvalue weighted by Gasteiger charge is 2.33. The molecule has 2 unspecified atom stereocenters. The summed E-state index contributed by atoms with van der Waals surface area (Å²) in [5.74, 6) is -4.69. The number of aliphatic hydroxyl groups is 2. The van der Waals surface area contributed by atoms with Gasteiger partial charge in [0.1, 0.15) is 63.7 Å². The molecular weight excluding hydrogens is 2050 g/mol. The van der Waals surface area contributed by atoms with Gasteiger partial charge in [-0.15, -0.1) is 0 Å². The van der Waals surface area contributed by atoms with E-state index in [1.165, 1.54) is 85.7 Å². The maximum atomic E-state index is 14.1. The highest BCUT2D eigenvalue weighted by molar-refractivity contribution is 9.11. The zero-order valence-corrected chi connectivity index (χ0v) is 84.9. The van der Waals surface area contributed by atoms with Gasteiger partial charge in [0, 0.05) is 67.6 Å². The van der Waals surface area contributed by atoms with E-state index in [0.717, 1.165) is 29.8 Å². The van der Waals surface area contributed by atoms with E-state index < -0.39 is 111 Å². The minimum Gasteiger partial charge on any atom is -0.491 e. The lowest BCUT2D eigenvalue weighted by Gasteiger charge is -2.29. The van der Waals surface area contributed by atoms with Crippen molar-refractivity contribution < 1.29 is 109 Å². The number of amides is 7. The topological polar surface area (TPSA) is 375 Å². The van der Waals surface area contributed by atoms with E-state index in [4.69, 9.17) is 59.9 Å². The van der Waals surface area contributed by atoms with Crippen molar-refractivity contribution in [2.45, 2.75) is 196 Å². The number of alkyl carbamates (subject to hydrolysis) is 3. The summed E-state index contributed by atoms with van der Waals surface area (Å²) in [4.78, 5) is 101. The Morgan fingerprint density at radius 3 is 1.25 bits per heavy atom.